The molecule has 0 saturated heterocycles. The summed E-state index contributed by atoms with van der Waals surface area (Å²) in [4.78, 5) is 26.5. The minimum absolute atomic E-state index is 0.0212. The van der Waals surface area contributed by atoms with Gasteiger partial charge in [-0.2, -0.15) is 0 Å². The zero-order valence-corrected chi connectivity index (χ0v) is 16.7. The molecule has 1 aliphatic rings. The predicted octanol–water partition coefficient (Wildman–Crippen LogP) is 3.62. The predicted molar refractivity (Wildman–Crippen MR) is 107 cm³/mol. The molecule has 0 spiro atoms. The first kappa shape index (κ1) is 20.2. The monoisotopic (exact) mass is 402 g/mol. The van der Waals surface area contributed by atoms with Crippen LogP contribution in [0.5, 0.6) is 5.75 Å². The van der Waals surface area contributed by atoms with Crippen molar-refractivity contribution in [2.24, 2.45) is 0 Å². The highest BCUT2D eigenvalue weighted by Gasteiger charge is 2.30. The number of carbonyl (C=O) groups excluding carboxylic acids is 2. The zero-order chi connectivity index (χ0) is 20.1. The number of hydrogen-bond donors (Lipinski definition) is 1. The molecule has 1 atom stereocenters. The largest absolute Gasteiger partial charge is 0.480 e. The van der Waals surface area contributed by atoms with Crippen molar-refractivity contribution in [1.29, 1.82) is 0 Å². The van der Waals surface area contributed by atoms with Gasteiger partial charge in [-0.1, -0.05) is 30.7 Å². The van der Waals surface area contributed by atoms with E-state index in [4.69, 9.17) is 21.1 Å². The second-order valence-electron chi connectivity index (χ2n) is 6.64. The Bertz CT molecular complexity index is 854. The van der Waals surface area contributed by atoms with Crippen LogP contribution in [0.15, 0.2) is 42.5 Å². The van der Waals surface area contributed by atoms with Crippen LogP contribution < -0.4 is 10.1 Å². The Kier molecular flexibility index (Phi) is 6.54. The number of nitrogens with one attached hydrogen (secondary N) is 1. The third kappa shape index (κ3) is 4.82. The van der Waals surface area contributed by atoms with E-state index in [2.05, 4.69) is 5.32 Å². The van der Waals surface area contributed by atoms with Crippen molar-refractivity contribution in [1.82, 2.24) is 4.90 Å². The van der Waals surface area contributed by atoms with Gasteiger partial charge in [0, 0.05) is 36.5 Å². The minimum atomic E-state index is -0.539. The summed E-state index contributed by atoms with van der Waals surface area (Å²) in [5.41, 5.74) is 2.47. The van der Waals surface area contributed by atoms with Crippen LogP contribution in [0, 0.1) is 0 Å². The number of halogens is 1. The maximum absolute atomic E-state index is 13.0. The van der Waals surface area contributed by atoms with Crippen molar-refractivity contribution in [3.8, 4) is 5.75 Å². The molecule has 0 saturated carbocycles. The third-order valence-corrected chi connectivity index (χ3v) is 4.75. The lowest BCUT2D eigenvalue weighted by molar-refractivity contribution is -0.139. The summed E-state index contributed by atoms with van der Waals surface area (Å²) in [6.07, 6.45) is 0.0318. The second-order valence-corrected chi connectivity index (χ2v) is 7.08. The number of hydrogen-bond acceptors (Lipinski definition) is 4. The highest BCUT2D eigenvalue weighted by atomic mass is 35.5. The molecule has 1 aliphatic heterocycles. The van der Waals surface area contributed by atoms with Crippen molar-refractivity contribution in [2.45, 2.75) is 32.5 Å². The van der Waals surface area contributed by atoms with Gasteiger partial charge >= 0.3 is 0 Å². The van der Waals surface area contributed by atoms with E-state index in [1.54, 1.807) is 17.0 Å². The number of rotatable bonds is 6. The summed E-state index contributed by atoms with van der Waals surface area (Å²) in [6.45, 7) is 2.75. The SMILES string of the molecule is CCC1Oc2ccc(NC(=O)COC)cc2CN(Cc2ccc(Cl)cc2)C1=O. The Morgan fingerprint density at radius 2 is 2.04 bits per heavy atom. The first-order chi connectivity index (χ1) is 13.5. The standard InChI is InChI=1S/C21H23ClN2O4/c1-3-18-21(26)24(11-14-4-6-16(22)7-5-14)12-15-10-17(8-9-19(15)28-18)23-20(25)13-27-2/h4-10,18H,3,11-13H2,1-2H3,(H,23,25). The van der Waals surface area contributed by atoms with E-state index < -0.39 is 6.10 Å². The van der Waals surface area contributed by atoms with Gasteiger partial charge in [-0.05, 0) is 42.3 Å². The molecule has 1 N–H and O–H groups in total. The lowest BCUT2D eigenvalue weighted by atomic mass is 10.1. The molecule has 0 radical (unpaired) electrons. The number of fused-ring (bicyclic) bond motifs is 1. The van der Waals surface area contributed by atoms with Crippen molar-refractivity contribution in [3.63, 3.8) is 0 Å². The third-order valence-electron chi connectivity index (χ3n) is 4.49. The van der Waals surface area contributed by atoms with E-state index in [9.17, 15) is 9.59 Å². The number of nitrogens with zero attached hydrogens (tertiary/aromatic N) is 1. The van der Waals surface area contributed by atoms with E-state index >= 15 is 0 Å². The van der Waals surface area contributed by atoms with Crippen LogP contribution >= 0.6 is 11.6 Å². The van der Waals surface area contributed by atoms with Crippen LogP contribution in [0.1, 0.15) is 24.5 Å². The maximum atomic E-state index is 13.0. The van der Waals surface area contributed by atoms with Gasteiger partial charge in [0.05, 0.1) is 0 Å². The molecule has 148 valence electrons. The van der Waals surface area contributed by atoms with Crippen molar-refractivity contribution in [3.05, 3.63) is 58.6 Å². The van der Waals surface area contributed by atoms with Gasteiger partial charge < -0.3 is 19.7 Å². The molecule has 28 heavy (non-hydrogen) atoms. The summed E-state index contributed by atoms with van der Waals surface area (Å²) in [7, 11) is 1.47. The van der Waals surface area contributed by atoms with Crippen molar-refractivity contribution < 1.29 is 19.1 Å². The fraction of sp³-hybridized carbons (Fsp3) is 0.333. The molecule has 2 aromatic carbocycles. The lowest BCUT2D eigenvalue weighted by Crippen LogP contribution is -2.38. The Morgan fingerprint density at radius 1 is 1.29 bits per heavy atom. The van der Waals surface area contributed by atoms with Crippen molar-refractivity contribution >= 4 is 29.1 Å². The van der Waals surface area contributed by atoms with Crippen LogP contribution in [0.25, 0.3) is 0 Å². The van der Waals surface area contributed by atoms with E-state index in [0.717, 1.165) is 11.1 Å². The van der Waals surface area contributed by atoms with Gasteiger partial charge in [0.25, 0.3) is 5.91 Å². The van der Waals surface area contributed by atoms with Crippen LogP contribution in [0.3, 0.4) is 0 Å². The first-order valence-electron chi connectivity index (χ1n) is 9.11. The van der Waals surface area contributed by atoms with Gasteiger partial charge in [-0.3, -0.25) is 9.59 Å². The van der Waals surface area contributed by atoms with E-state index in [0.29, 0.717) is 36.0 Å². The summed E-state index contributed by atoms with van der Waals surface area (Å²) in [5, 5.41) is 3.44. The zero-order valence-electron chi connectivity index (χ0n) is 15.9. The number of benzene rings is 2. The second kappa shape index (κ2) is 9.08. The summed E-state index contributed by atoms with van der Waals surface area (Å²) in [6, 6.07) is 12.8. The van der Waals surface area contributed by atoms with Gasteiger partial charge in [-0.15, -0.1) is 0 Å². The van der Waals surface area contributed by atoms with Gasteiger partial charge in [-0.25, -0.2) is 0 Å². The van der Waals surface area contributed by atoms with Crippen LogP contribution in [-0.4, -0.2) is 36.5 Å². The van der Waals surface area contributed by atoms with Crippen molar-refractivity contribution in [2.75, 3.05) is 19.0 Å². The van der Waals surface area contributed by atoms with Gasteiger partial charge in [0.1, 0.15) is 12.4 Å². The maximum Gasteiger partial charge on any atom is 0.264 e. The molecule has 7 heteroatoms. The average Bonchev–Trinajstić information content (AvgIpc) is 2.80. The number of methoxy groups -OCH3 is 1. The molecule has 0 fully saturated rings. The number of carbonyl (C=O) groups is 2. The van der Waals surface area contributed by atoms with Crippen LogP contribution in [0.4, 0.5) is 5.69 Å². The van der Waals surface area contributed by atoms with E-state index in [1.165, 1.54) is 7.11 Å². The summed E-state index contributed by atoms with van der Waals surface area (Å²) in [5.74, 6) is 0.361. The quantitative estimate of drug-likeness (QED) is 0.801. The van der Waals surface area contributed by atoms with E-state index in [-0.39, 0.29) is 18.4 Å². The molecule has 2 aromatic rings. The molecule has 0 bridgehead atoms. The highest BCUT2D eigenvalue weighted by Crippen LogP contribution is 2.30. The number of amides is 2. The summed E-state index contributed by atoms with van der Waals surface area (Å²) < 4.78 is 10.8. The molecule has 0 aromatic heterocycles. The Balaban J connectivity index is 1.86. The van der Waals surface area contributed by atoms with Crippen LogP contribution in [0.2, 0.25) is 5.02 Å². The number of anilines is 1. The molecule has 6 nitrogen and oxygen atoms in total. The number of ether oxygens (including phenoxy) is 2. The average molecular weight is 403 g/mol. The molecule has 3 rings (SSSR count). The van der Waals surface area contributed by atoms with Gasteiger partial charge in [0.15, 0.2) is 6.10 Å². The Labute approximate surface area is 169 Å². The lowest BCUT2D eigenvalue weighted by Gasteiger charge is -2.23. The molecule has 2 amide bonds. The highest BCUT2D eigenvalue weighted by molar-refractivity contribution is 6.30. The normalized spacial score (nSPS) is 16.2. The van der Waals surface area contributed by atoms with E-state index in [1.807, 2.05) is 37.3 Å². The molecular formula is C21H23ClN2O4. The summed E-state index contributed by atoms with van der Waals surface area (Å²) >= 11 is 5.96. The first-order valence-corrected chi connectivity index (χ1v) is 9.49. The fourth-order valence-electron chi connectivity index (χ4n) is 3.12. The molecular weight excluding hydrogens is 380 g/mol. The smallest absolute Gasteiger partial charge is 0.264 e. The Morgan fingerprint density at radius 3 is 2.71 bits per heavy atom. The van der Waals surface area contributed by atoms with Gasteiger partial charge in [0.2, 0.25) is 5.91 Å². The fourth-order valence-corrected chi connectivity index (χ4v) is 3.24. The molecule has 1 heterocycles. The topological polar surface area (TPSA) is 67.9 Å². The minimum Gasteiger partial charge on any atom is -0.480 e. The Hall–Kier alpha value is -2.57. The van der Waals surface area contributed by atoms with Crippen LogP contribution in [-0.2, 0) is 27.4 Å². The molecule has 0 aliphatic carbocycles. The molecule has 1 unspecified atom stereocenters.